The predicted molar refractivity (Wildman–Crippen MR) is 147 cm³/mol. The van der Waals surface area contributed by atoms with Crippen molar-refractivity contribution in [2.75, 3.05) is 39.1 Å². The molecule has 38 heavy (non-hydrogen) atoms. The van der Waals surface area contributed by atoms with Crippen LogP contribution in [-0.2, 0) is 21.6 Å². The molecule has 3 aromatic rings. The molecular weight excluding hydrogens is 503 g/mol. The van der Waals surface area contributed by atoms with Crippen LogP contribution >= 0.6 is 0 Å². The molecule has 4 heterocycles. The maximum absolute atomic E-state index is 15.6. The summed E-state index contributed by atoms with van der Waals surface area (Å²) in [6.07, 6.45) is 6.81. The summed E-state index contributed by atoms with van der Waals surface area (Å²) in [5.74, 6) is 1.31. The van der Waals surface area contributed by atoms with E-state index in [4.69, 9.17) is 9.72 Å². The van der Waals surface area contributed by atoms with E-state index in [-0.39, 0.29) is 10.7 Å². The van der Waals surface area contributed by atoms with Crippen LogP contribution in [0.1, 0.15) is 43.6 Å². The molecule has 0 aliphatic carbocycles. The molecule has 3 saturated heterocycles. The van der Waals surface area contributed by atoms with Crippen LogP contribution in [0.25, 0.3) is 22.4 Å². The molecule has 3 aliphatic rings. The maximum Gasteiger partial charge on any atom is 0.175 e. The molecule has 3 fully saturated rings. The van der Waals surface area contributed by atoms with Crippen molar-refractivity contribution in [3.05, 3.63) is 47.8 Å². The summed E-state index contributed by atoms with van der Waals surface area (Å²) in [6, 6.07) is 11.6. The van der Waals surface area contributed by atoms with Gasteiger partial charge in [0.1, 0.15) is 17.2 Å². The Morgan fingerprint density at radius 2 is 1.84 bits per heavy atom. The summed E-state index contributed by atoms with van der Waals surface area (Å²) in [7, 11) is -1.47. The first-order valence-corrected chi connectivity index (χ1v) is 15.7. The molecule has 0 saturated carbocycles. The minimum absolute atomic E-state index is 0.253. The number of sulfone groups is 1. The first kappa shape index (κ1) is 25.9. The highest BCUT2D eigenvalue weighted by molar-refractivity contribution is 7.90. The number of aromatic nitrogens is 2. The zero-order valence-corrected chi connectivity index (χ0v) is 23.0. The van der Waals surface area contributed by atoms with Gasteiger partial charge in [-0.15, -0.1) is 0 Å². The molecule has 2 aromatic carbocycles. The quantitative estimate of drug-likeness (QED) is 0.507. The molecular formula is C29H37FN4O3S. The van der Waals surface area contributed by atoms with Crippen LogP contribution < -0.4 is 5.32 Å². The van der Waals surface area contributed by atoms with Crippen molar-refractivity contribution in [1.82, 2.24) is 19.8 Å². The van der Waals surface area contributed by atoms with Gasteiger partial charge in [0.05, 0.1) is 23.6 Å². The predicted octanol–water partition coefficient (Wildman–Crippen LogP) is 4.12. The van der Waals surface area contributed by atoms with Gasteiger partial charge in [-0.2, -0.15) is 0 Å². The summed E-state index contributed by atoms with van der Waals surface area (Å²) in [6.45, 7) is 4.95. The van der Waals surface area contributed by atoms with Gasteiger partial charge in [-0.05, 0) is 99.6 Å². The van der Waals surface area contributed by atoms with Gasteiger partial charge in [0, 0.05) is 36.9 Å². The van der Waals surface area contributed by atoms with Gasteiger partial charge in [0.25, 0.3) is 0 Å². The average molecular weight is 541 g/mol. The molecule has 9 heteroatoms. The molecule has 204 valence electrons. The second-order valence-corrected chi connectivity index (χ2v) is 13.4. The standard InChI is InChI=1S/C29H37FN4O3S/c1-33-28-26(30)15-22(16-27(28)32-29(33)20-3-5-25(6-4-20)38(2,35)36)21-9-12-34(23-7-10-31-11-8-23)24(14-21)13-19-17-37-18-19/h3-6,15-16,19,21,23-24,31H,7-14,17-18H2,1-2H3/t21?,24-/m0/s1. The normalized spacial score (nSPS) is 24.1. The lowest BCUT2D eigenvalue weighted by atomic mass is 9.80. The molecule has 3 aliphatic heterocycles. The fourth-order valence-corrected chi connectivity index (χ4v) is 7.32. The Balaban J connectivity index is 1.28. The van der Waals surface area contributed by atoms with Crippen molar-refractivity contribution in [2.45, 2.75) is 55.0 Å². The number of halogens is 1. The monoisotopic (exact) mass is 540 g/mol. The zero-order chi connectivity index (χ0) is 26.4. The molecule has 6 rings (SSSR count). The lowest BCUT2D eigenvalue weighted by Gasteiger charge is -2.47. The first-order chi connectivity index (χ1) is 18.3. The van der Waals surface area contributed by atoms with Gasteiger partial charge >= 0.3 is 0 Å². The van der Waals surface area contributed by atoms with Gasteiger partial charge in [-0.1, -0.05) is 0 Å². The van der Waals surface area contributed by atoms with Crippen LogP contribution in [0.2, 0.25) is 0 Å². The van der Waals surface area contributed by atoms with E-state index in [1.165, 1.54) is 19.1 Å². The fourth-order valence-electron chi connectivity index (χ4n) is 6.69. The topological polar surface area (TPSA) is 76.5 Å². The van der Waals surface area contributed by atoms with Crippen molar-refractivity contribution >= 4 is 20.9 Å². The molecule has 0 bridgehead atoms. The molecule has 0 spiro atoms. The van der Waals surface area contributed by atoms with Gasteiger partial charge in [-0.3, -0.25) is 4.90 Å². The van der Waals surface area contributed by atoms with Gasteiger partial charge in [0.15, 0.2) is 9.84 Å². The zero-order valence-electron chi connectivity index (χ0n) is 22.2. The minimum atomic E-state index is -3.28. The van der Waals surface area contributed by atoms with Crippen molar-refractivity contribution in [1.29, 1.82) is 0 Å². The highest BCUT2D eigenvalue weighted by Gasteiger charge is 2.37. The van der Waals surface area contributed by atoms with Gasteiger partial charge in [0.2, 0.25) is 0 Å². The molecule has 1 unspecified atom stereocenters. The van der Waals surface area contributed by atoms with E-state index in [0.29, 0.717) is 40.8 Å². The third-order valence-corrected chi connectivity index (χ3v) is 9.94. The van der Waals surface area contributed by atoms with Crippen LogP contribution in [0, 0.1) is 11.7 Å². The van der Waals surface area contributed by atoms with Crippen LogP contribution in [-0.4, -0.2) is 74.1 Å². The molecule has 7 nitrogen and oxygen atoms in total. The smallest absolute Gasteiger partial charge is 0.175 e. The lowest BCUT2D eigenvalue weighted by Crippen LogP contribution is -2.52. The average Bonchev–Trinajstić information content (AvgIpc) is 3.23. The Kier molecular flexibility index (Phi) is 7.05. The van der Waals surface area contributed by atoms with E-state index in [2.05, 4.69) is 16.3 Å². The second-order valence-electron chi connectivity index (χ2n) is 11.4. The van der Waals surface area contributed by atoms with Gasteiger partial charge < -0.3 is 14.6 Å². The Hall–Kier alpha value is -2.33. The van der Waals surface area contributed by atoms with Gasteiger partial charge in [-0.25, -0.2) is 17.8 Å². The SMILES string of the molecule is Cn1c(-c2ccc(S(C)(=O)=O)cc2)nc2cc(C3CCN(C4CCNCC4)[C@@H](CC4COC4)C3)cc(F)c21. The van der Waals surface area contributed by atoms with E-state index in [0.717, 1.165) is 63.2 Å². The number of piperidine rings is 2. The van der Waals surface area contributed by atoms with E-state index in [1.54, 1.807) is 34.9 Å². The van der Waals surface area contributed by atoms with E-state index in [9.17, 15) is 8.42 Å². The Bertz CT molecular complexity index is 1410. The molecule has 0 radical (unpaired) electrons. The number of fused-ring (bicyclic) bond motifs is 1. The van der Waals surface area contributed by atoms with Crippen LogP contribution in [0.4, 0.5) is 4.39 Å². The largest absolute Gasteiger partial charge is 0.381 e. The number of ether oxygens (including phenoxy) is 1. The van der Waals surface area contributed by atoms with Crippen LogP contribution in [0.15, 0.2) is 41.3 Å². The first-order valence-electron chi connectivity index (χ1n) is 13.8. The van der Waals surface area contributed by atoms with E-state index in [1.807, 2.05) is 7.05 Å². The third-order valence-electron chi connectivity index (χ3n) is 8.81. The molecule has 2 atom stereocenters. The van der Waals surface area contributed by atoms with E-state index >= 15 is 4.39 Å². The maximum atomic E-state index is 15.6. The Morgan fingerprint density at radius 1 is 1.11 bits per heavy atom. The van der Waals surface area contributed by atoms with E-state index < -0.39 is 9.84 Å². The van der Waals surface area contributed by atoms with Crippen LogP contribution in [0.3, 0.4) is 0 Å². The summed E-state index contributed by atoms with van der Waals surface area (Å²) in [5, 5.41) is 3.49. The Labute approximate surface area is 224 Å². The van der Waals surface area contributed by atoms with Crippen molar-refractivity contribution in [3.63, 3.8) is 0 Å². The number of nitrogens with one attached hydrogen (secondary N) is 1. The minimum Gasteiger partial charge on any atom is -0.381 e. The van der Waals surface area contributed by atoms with Crippen molar-refractivity contribution < 1.29 is 17.5 Å². The van der Waals surface area contributed by atoms with Crippen molar-refractivity contribution in [2.24, 2.45) is 13.0 Å². The summed E-state index contributed by atoms with van der Waals surface area (Å²) in [4.78, 5) is 7.82. The number of benzene rings is 2. The number of likely N-dealkylation sites (tertiary alicyclic amines) is 1. The lowest BCUT2D eigenvalue weighted by molar-refractivity contribution is -0.0566. The number of nitrogens with zero attached hydrogens (tertiary/aromatic N) is 3. The molecule has 0 amide bonds. The second kappa shape index (κ2) is 10.3. The molecule has 1 N–H and O–H groups in total. The molecule has 1 aromatic heterocycles. The number of hydrogen-bond acceptors (Lipinski definition) is 6. The van der Waals surface area contributed by atoms with Crippen LogP contribution in [0.5, 0.6) is 0 Å². The highest BCUT2D eigenvalue weighted by atomic mass is 32.2. The summed E-state index contributed by atoms with van der Waals surface area (Å²) in [5.41, 5.74) is 2.92. The number of aryl methyl sites for hydroxylation is 1. The van der Waals surface area contributed by atoms with Crippen molar-refractivity contribution in [3.8, 4) is 11.4 Å². The number of hydrogen-bond donors (Lipinski definition) is 1. The number of rotatable bonds is 6. The fraction of sp³-hybridized carbons (Fsp3) is 0.552. The Morgan fingerprint density at radius 3 is 2.50 bits per heavy atom. The number of imidazole rings is 1. The summed E-state index contributed by atoms with van der Waals surface area (Å²) >= 11 is 0. The summed E-state index contributed by atoms with van der Waals surface area (Å²) < 4.78 is 46.5. The third kappa shape index (κ3) is 5.01. The highest BCUT2D eigenvalue weighted by Crippen LogP contribution is 2.39.